The van der Waals surface area contributed by atoms with Crippen LogP contribution in [-0.2, 0) is 96.4 Å². The predicted molar refractivity (Wildman–Crippen MR) is 695 cm³/mol. The van der Waals surface area contributed by atoms with Gasteiger partial charge in [0.05, 0.1) is 141 Å². The van der Waals surface area contributed by atoms with Crippen LogP contribution in [0.25, 0.3) is 21.1 Å². The molecule has 0 spiro atoms. The van der Waals surface area contributed by atoms with E-state index in [0.29, 0.717) is 23.7 Å². The van der Waals surface area contributed by atoms with Crippen LogP contribution < -0.4 is 62.2 Å². The fourth-order valence-corrected chi connectivity index (χ4v) is 43.9. The zero-order valence-electron chi connectivity index (χ0n) is 102. The van der Waals surface area contributed by atoms with Crippen LogP contribution in [-0.4, -0.2) is 155 Å². The van der Waals surface area contributed by atoms with Gasteiger partial charge in [-0.05, 0) is 105 Å². The van der Waals surface area contributed by atoms with Crippen LogP contribution in [0, 0.1) is 68.5 Å². The van der Waals surface area contributed by atoms with Crippen LogP contribution in [0.2, 0.25) is 157 Å². The topological polar surface area (TPSA) is 89.9 Å². The molecular formula is C122H202N4O6P2Ru3Si12+4. The second-order valence-corrected chi connectivity index (χ2v) is 79.7. The Labute approximate surface area is 979 Å². The van der Waals surface area contributed by atoms with Crippen molar-refractivity contribution >= 4 is 196 Å². The Morgan fingerprint density at radius 1 is 0.302 bits per heavy atom. The summed E-state index contributed by atoms with van der Waals surface area (Å²) in [5.74, 6) is 1.71. The Hall–Kier alpha value is -3.87. The molecule has 0 aliphatic carbocycles. The van der Waals surface area contributed by atoms with Gasteiger partial charge < -0.3 is 44.6 Å². The minimum Gasteiger partial charge on any atom is -0.358 e. The van der Waals surface area contributed by atoms with E-state index >= 15 is 0 Å². The van der Waals surface area contributed by atoms with Gasteiger partial charge in [0.2, 0.25) is 0 Å². The average Bonchev–Trinajstić information content (AvgIpc) is 0.804. The number of nitrogens with zero attached hydrogens (tertiary/aromatic N) is 4. The molecule has 0 unspecified atom stereocenters. The first-order valence-corrected chi connectivity index (χ1v) is 86.4. The molecule has 8 heterocycles. The van der Waals surface area contributed by atoms with Crippen molar-refractivity contribution in [2.45, 2.75) is 315 Å². The molecule has 0 saturated carbocycles. The normalized spacial score (nSPS) is 15.2. The molecule has 4 bridgehead atoms. The van der Waals surface area contributed by atoms with E-state index in [1.54, 1.807) is 62.2 Å². The van der Waals surface area contributed by atoms with Crippen LogP contribution in [0.4, 0.5) is 11.4 Å². The zero-order chi connectivity index (χ0) is 105. The van der Waals surface area contributed by atoms with E-state index < -0.39 is 70.0 Å². The van der Waals surface area contributed by atoms with Crippen molar-refractivity contribution in [2.75, 3.05) is 39.6 Å². The summed E-state index contributed by atoms with van der Waals surface area (Å²) in [6.45, 7) is 112. The van der Waals surface area contributed by atoms with E-state index in [9.17, 15) is 0 Å². The maximum atomic E-state index is 7.24. The molecule has 2 aromatic heterocycles. The monoisotopic (exact) mass is 2520 g/mol. The number of fused-ring (bicyclic) bond motifs is 6. The first-order valence-electron chi connectivity index (χ1n) is 51.6. The third-order valence-corrected chi connectivity index (χ3v) is 49.4. The summed E-state index contributed by atoms with van der Waals surface area (Å²) in [4.78, 5) is 16.3. The van der Waals surface area contributed by atoms with Gasteiger partial charge in [-0.1, -0.05) is 512 Å². The Bertz CT molecular complexity index is 4540. The molecule has 6 radical (unpaired) electrons. The number of rotatable bonds is 19. The zero-order valence-corrected chi connectivity index (χ0v) is 122. The summed E-state index contributed by atoms with van der Waals surface area (Å²) in [5.41, 5.74) is 11.5. The van der Waals surface area contributed by atoms with E-state index in [1.807, 2.05) is 12.4 Å². The Morgan fingerprint density at radius 2 is 0.470 bits per heavy atom. The SMILES string of the molecule is CC(C)(C)c1ccnc(-c2cc(C(C)(C)C)ccn2)c1.CCC12CO[PH+](OC1)OC2.CCC12CO[PH+](OC1)OC2.C[SiH](C)c1ccccc1[SiH](C)C.C[SiH](C)c1ccccc1[SiH](C)C.C[SiH](C)c1ccccc1[SiH](C)C.C[Si](C)c1ccccc1[Si](C)C.C[Si](C)c1ccccc1[Si](C)C.C[Si](C)c1ccccc1[Si](C)C.[C-]#[N+]c1c(C(C)C)cccc1C(C)C.[C-]#[N+]c1c(C(C)C)cccc1C(C)C.[CH3-].[CH3-].[CH3-].[CH3-].[CH3-].[CH3-].[Ru+2].[Ru+2].[Ru+4]. The third kappa shape index (κ3) is 52.2. The Kier molecular flexibility index (Phi) is 81.9. The Balaban J connectivity index is -0.000000377. The summed E-state index contributed by atoms with van der Waals surface area (Å²) in [7, 11) is -7.64. The average molecular weight is 2520 g/mol. The largest absolute Gasteiger partial charge is 4.00 e. The van der Waals surface area contributed by atoms with E-state index in [1.165, 1.54) is 33.4 Å². The molecule has 149 heavy (non-hydrogen) atoms. The quantitative estimate of drug-likeness (QED) is 0.0449. The predicted octanol–water partition coefficient (Wildman–Crippen LogP) is 27.3. The summed E-state index contributed by atoms with van der Waals surface area (Å²) >= 11 is 0. The molecular weight excluding hydrogens is 2320 g/mol. The molecule has 27 heteroatoms. The van der Waals surface area contributed by atoms with Gasteiger partial charge in [-0.2, -0.15) is 27.1 Å². The van der Waals surface area contributed by atoms with Crippen molar-refractivity contribution in [3.8, 4) is 11.4 Å². The summed E-state index contributed by atoms with van der Waals surface area (Å²) < 4.78 is 32.0. The van der Waals surface area contributed by atoms with Crippen molar-refractivity contribution in [1.29, 1.82) is 0 Å². The second kappa shape index (κ2) is 78.4. The van der Waals surface area contributed by atoms with Gasteiger partial charge in [-0.15, -0.1) is 0 Å². The van der Waals surface area contributed by atoms with Crippen molar-refractivity contribution in [2.24, 2.45) is 10.8 Å². The molecule has 0 atom stereocenters. The van der Waals surface area contributed by atoms with Crippen molar-refractivity contribution < 1.29 is 85.6 Å². The number of hydrogen-bond acceptors (Lipinski definition) is 8. The van der Waals surface area contributed by atoms with Crippen LogP contribution in [0.15, 0.2) is 219 Å². The first kappa shape index (κ1) is 156. The molecule has 16 rings (SSSR count). The molecule has 0 amide bonds. The van der Waals surface area contributed by atoms with Crippen LogP contribution in [0.5, 0.6) is 0 Å². The third-order valence-electron chi connectivity index (χ3n) is 25.6. The standard InChI is InChI=1S/C18H24N2.2C13H17N.3C10H18Si2.3C10H16Si2.2C6H12O3P.6CH3.3Ru/c1-17(2,3)13-7-9-19-15(11-13)16-12-14(8-10-20-16)18(4,5)6;2*1-9(2)11-7-6-8-12(10(3)4)13(11)14-5;6*1-11(2)9-7-5-6-8-10(9)12(3)4;2*1-2-6-3-7-10(8-4-6)9-5-6;;;;;;;;;/h7-12H,1-6H3;2*6-10H,1-4H3;3*5-8,11-12H,1-4H3;3*5-8H,1-4H3;2*10H,2-5H2,1H3;6*1H3;;;/q;;;;;;;;;2*+1;6*-1;2*+2;+4. The van der Waals surface area contributed by atoms with Crippen molar-refractivity contribution in [3.05, 3.63) is 319 Å². The van der Waals surface area contributed by atoms with Gasteiger partial charge in [0, 0.05) is 12.4 Å². The minimum atomic E-state index is -1.27. The molecule has 10 aromatic rings. The summed E-state index contributed by atoms with van der Waals surface area (Å²) in [5, 5.41) is 20.0. The molecule has 6 aliphatic rings. The number of benzene rings is 8. The van der Waals surface area contributed by atoms with Crippen molar-refractivity contribution in [3.63, 3.8) is 0 Å². The molecule has 10 nitrogen and oxygen atoms in total. The minimum absolute atomic E-state index is 0. The molecule has 0 N–H and O–H groups in total. The van der Waals surface area contributed by atoms with Gasteiger partial charge in [-0.25, -0.2) is 9.69 Å². The number of aromatic nitrogens is 2. The van der Waals surface area contributed by atoms with Crippen LogP contribution in [0.1, 0.15) is 181 Å². The van der Waals surface area contributed by atoms with Gasteiger partial charge in [0.15, 0.2) is 11.4 Å². The second-order valence-electron chi connectivity index (χ2n) is 44.2. The molecule has 824 valence electrons. The smallest absolute Gasteiger partial charge is 0.358 e. The Morgan fingerprint density at radius 3 is 0.597 bits per heavy atom. The van der Waals surface area contributed by atoms with Crippen molar-refractivity contribution in [1.82, 2.24) is 9.97 Å². The fraction of sp³-hybridized carbons (Fsp3) is 0.459. The molecule has 8 aromatic carbocycles. The molecule has 6 aliphatic heterocycles. The summed E-state index contributed by atoms with van der Waals surface area (Å²) in [6, 6.07) is 74.7. The van der Waals surface area contributed by atoms with E-state index in [4.69, 9.17) is 40.3 Å². The van der Waals surface area contributed by atoms with E-state index in [0.717, 1.165) is 75.2 Å². The molecule has 6 saturated heterocycles. The molecule has 6 fully saturated rings. The maximum absolute atomic E-state index is 7.24. The van der Waals surface area contributed by atoms with E-state index in [-0.39, 0.29) is 177 Å². The van der Waals surface area contributed by atoms with Gasteiger partial charge in [0.25, 0.3) is 0 Å². The first-order chi connectivity index (χ1) is 65.8. The van der Waals surface area contributed by atoms with Crippen LogP contribution in [0.3, 0.4) is 0 Å². The number of pyridine rings is 2. The van der Waals surface area contributed by atoms with Gasteiger partial charge in [-0.3, -0.25) is 9.97 Å². The fourth-order valence-electron chi connectivity index (χ4n) is 16.5. The van der Waals surface area contributed by atoms with Gasteiger partial charge >= 0.3 is 75.6 Å². The summed E-state index contributed by atoms with van der Waals surface area (Å²) in [6.07, 6.45) is 5.92. The number of para-hydroxylation sites is 2. The number of hydrogen-bond donors (Lipinski definition) is 0. The van der Waals surface area contributed by atoms with E-state index in [2.05, 4.69) is 494 Å². The maximum Gasteiger partial charge on any atom is 4.00 e. The van der Waals surface area contributed by atoms with Crippen LogP contribution >= 0.6 is 17.2 Å². The van der Waals surface area contributed by atoms with Gasteiger partial charge in [0.1, 0.15) is 39.6 Å².